The molecule has 0 aliphatic carbocycles. The number of carbonyl (C=O) groups is 1. The molecule has 1 atom stereocenters. The molecule has 1 aromatic carbocycles. The number of thiazole rings is 1. The number of nitrogens with one attached hydrogen (secondary N) is 1. The predicted octanol–water partition coefficient (Wildman–Crippen LogP) is 2.52. The van der Waals surface area contributed by atoms with Crippen molar-refractivity contribution in [2.24, 2.45) is 5.92 Å². The molecule has 1 fully saturated rings. The van der Waals surface area contributed by atoms with E-state index in [2.05, 4.69) is 29.0 Å². The maximum atomic E-state index is 13.2. The normalized spacial score (nSPS) is 20.0. The fraction of sp³-hybridized carbons (Fsp3) is 0.429. The summed E-state index contributed by atoms with van der Waals surface area (Å²) in [6.45, 7) is 5.46. The van der Waals surface area contributed by atoms with Gasteiger partial charge >= 0.3 is 0 Å². The Morgan fingerprint density at radius 2 is 2.35 bits per heavy atom. The van der Waals surface area contributed by atoms with Gasteiger partial charge in [0.15, 0.2) is 0 Å². The number of halogens is 1. The van der Waals surface area contributed by atoms with E-state index in [4.69, 9.17) is 0 Å². The molecule has 0 saturated carbocycles. The van der Waals surface area contributed by atoms with Gasteiger partial charge in [0.25, 0.3) is 0 Å². The largest absolute Gasteiger partial charge is 0.333 e. The quantitative estimate of drug-likeness (QED) is 0.946. The minimum atomic E-state index is -0.262. The molecular weight excluding hydrogens is 277 g/mol. The molecule has 1 aromatic heterocycles. The molecule has 1 saturated heterocycles. The molecule has 1 aliphatic heterocycles. The van der Waals surface area contributed by atoms with Gasteiger partial charge in [-0.15, -0.1) is 11.3 Å². The summed E-state index contributed by atoms with van der Waals surface area (Å²) in [7, 11) is 0. The highest BCUT2D eigenvalue weighted by atomic mass is 32.1. The summed E-state index contributed by atoms with van der Waals surface area (Å²) in [6, 6.07) is 4.57. The van der Waals surface area contributed by atoms with Gasteiger partial charge in [-0.2, -0.15) is 0 Å². The third kappa shape index (κ3) is 2.53. The number of carbonyl (C=O) groups excluding carboxylic acids is 1. The number of hydrogen-bond donors (Lipinski definition) is 1. The molecule has 20 heavy (non-hydrogen) atoms. The molecule has 6 heteroatoms. The fourth-order valence-electron chi connectivity index (χ4n) is 2.46. The first-order valence-electron chi connectivity index (χ1n) is 6.62. The summed E-state index contributed by atoms with van der Waals surface area (Å²) >= 11 is 1.43. The molecule has 0 radical (unpaired) electrons. The second-order valence-corrected chi connectivity index (χ2v) is 6.52. The van der Waals surface area contributed by atoms with Gasteiger partial charge in [0.05, 0.1) is 16.8 Å². The van der Waals surface area contributed by atoms with Crippen molar-refractivity contribution in [1.82, 2.24) is 15.2 Å². The number of benzene rings is 1. The van der Waals surface area contributed by atoms with Crippen LogP contribution in [0.1, 0.15) is 25.0 Å². The predicted molar refractivity (Wildman–Crippen MR) is 76.9 cm³/mol. The molecule has 1 aliphatic rings. The van der Waals surface area contributed by atoms with Crippen LogP contribution in [0, 0.1) is 11.7 Å². The van der Waals surface area contributed by atoms with E-state index in [1.807, 2.05) is 0 Å². The number of hydrogen-bond acceptors (Lipinski definition) is 4. The standard InChI is InChI=1S/C14H16FN3OS/c1-8(2)6-18-7-12(19)17-13(18)14-16-10-4-3-9(15)5-11(10)20-14/h3-5,8,13H,6-7H2,1-2H3,(H,17,19). The maximum absolute atomic E-state index is 13.2. The maximum Gasteiger partial charge on any atom is 0.235 e. The first-order chi connectivity index (χ1) is 9.52. The molecule has 0 bridgehead atoms. The van der Waals surface area contributed by atoms with E-state index >= 15 is 0 Å². The van der Waals surface area contributed by atoms with E-state index in [0.29, 0.717) is 12.5 Å². The first kappa shape index (κ1) is 13.5. The highest BCUT2D eigenvalue weighted by molar-refractivity contribution is 7.18. The Labute approximate surface area is 120 Å². The third-order valence-electron chi connectivity index (χ3n) is 3.21. The van der Waals surface area contributed by atoms with Gasteiger partial charge in [0.1, 0.15) is 17.0 Å². The lowest BCUT2D eigenvalue weighted by molar-refractivity contribution is -0.118. The molecule has 2 heterocycles. The Bertz CT molecular complexity index is 655. The van der Waals surface area contributed by atoms with Crippen molar-refractivity contribution in [3.8, 4) is 0 Å². The Hall–Kier alpha value is -1.53. The molecule has 0 spiro atoms. The minimum absolute atomic E-state index is 0.0149. The molecule has 2 aromatic rings. The van der Waals surface area contributed by atoms with Gasteiger partial charge in [0.2, 0.25) is 5.91 Å². The molecular formula is C14H16FN3OS. The summed E-state index contributed by atoms with van der Waals surface area (Å²) in [6.07, 6.45) is -0.189. The molecule has 1 amide bonds. The Morgan fingerprint density at radius 1 is 1.55 bits per heavy atom. The van der Waals surface area contributed by atoms with Gasteiger partial charge in [-0.3, -0.25) is 9.69 Å². The van der Waals surface area contributed by atoms with E-state index in [-0.39, 0.29) is 17.9 Å². The lowest BCUT2D eigenvalue weighted by Gasteiger charge is -2.22. The average Bonchev–Trinajstić information content (AvgIpc) is 2.91. The van der Waals surface area contributed by atoms with Gasteiger partial charge in [0, 0.05) is 6.54 Å². The second kappa shape index (κ2) is 5.10. The van der Waals surface area contributed by atoms with Crippen LogP contribution >= 0.6 is 11.3 Å². The van der Waals surface area contributed by atoms with Crippen molar-refractivity contribution in [3.05, 3.63) is 29.0 Å². The van der Waals surface area contributed by atoms with E-state index < -0.39 is 0 Å². The van der Waals surface area contributed by atoms with Crippen LogP contribution in [0.2, 0.25) is 0 Å². The van der Waals surface area contributed by atoms with E-state index in [9.17, 15) is 9.18 Å². The van der Waals surface area contributed by atoms with Crippen molar-refractivity contribution in [1.29, 1.82) is 0 Å². The van der Waals surface area contributed by atoms with E-state index in [1.165, 1.54) is 23.5 Å². The second-order valence-electron chi connectivity index (χ2n) is 5.46. The molecule has 3 rings (SSSR count). The molecule has 1 N–H and O–H groups in total. The van der Waals surface area contributed by atoms with Crippen LogP contribution in [-0.2, 0) is 4.79 Å². The van der Waals surface area contributed by atoms with E-state index in [0.717, 1.165) is 21.8 Å². The van der Waals surface area contributed by atoms with Crippen molar-refractivity contribution in [2.75, 3.05) is 13.1 Å². The van der Waals surface area contributed by atoms with Crippen LogP contribution in [0.4, 0.5) is 4.39 Å². The topological polar surface area (TPSA) is 45.2 Å². The summed E-state index contributed by atoms with van der Waals surface area (Å²) < 4.78 is 14.0. The Balaban J connectivity index is 1.94. The minimum Gasteiger partial charge on any atom is -0.333 e. The fourth-order valence-corrected chi connectivity index (χ4v) is 3.53. The van der Waals surface area contributed by atoms with Gasteiger partial charge < -0.3 is 5.32 Å². The Kier molecular flexibility index (Phi) is 3.43. The van der Waals surface area contributed by atoms with Crippen LogP contribution in [0.5, 0.6) is 0 Å². The molecule has 106 valence electrons. The smallest absolute Gasteiger partial charge is 0.235 e. The zero-order valence-corrected chi connectivity index (χ0v) is 12.2. The van der Waals surface area contributed by atoms with Crippen molar-refractivity contribution in [3.63, 3.8) is 0 Å². The van der Waals surface area contributed by atoms with Crippen LogP contribution in [-0.4, -0.2) is 28.9 Å². The van der Waals surface area contributed by atoms with Crippen LogP contribution < -0.4 is 5.32 Å². The van der Waals surface area contributed by atoms with E-state index in [1.54, 1.807) is 6.07 Å². The highest BCUT2D eigenvalue weighted by Crippen LogP contribution is 2.31. The number of rotatable bonds is 3. The monoisotopic (exact) mass is 293 g/mol. The summed E-state index contributed by atoms with van der Waals surface area (Å²) in [4.78, 5) is 18.3. The SMILES string of the molecule is CC(C)CN1CC(=O)NC1c1nc2ccc(F)cc2s1. The molecule has 1 unspecified atom stereocenters. The van der Waals surface area contributed by atoms with Crippen molar-refractivity contribution < 1.29 is 9.18 Å². The Morgan fingerprint density at radius 3 is 3.10 bits per heavy atom. The summed E-state index contributed by atoms with van der Waals surface area (Å²) in [5.41, 5.74) is 0.775. The zero-order chi connectivity index (χ0) is 14.3. The molecule has 4 nitrogen and oxygen atoms in total. The highest BCUT2D eigenvalue weighted by Gasteiger charge is 2.33. The zero-order valence-electron chi connectivity index (χ0n) is 11.4. The third-order valence-corrected chi connectivity index (χ3v) is 4.28. The summed E-state index contributed by atoms with van der Waals surface area (Å²) in [5.74, 6) is 0.223. The lowest BCUT2D eigenvalue weighted by atomic mass is 10.2. The number of fused-ring (bicyclic) bond motifs is 1. The van der Waals surface area contributed by atoms with Crippen LogP contribution in [0.3, 0.4) is 0 Å². The summed E-state index contributed by atoms with van der Waals surface area (Å²) in [5, 5.41) is 3.76. The van der Waals surface area contributed by atoms with Gasteiger partial charge in [-0.05, 0) is 24.1 Å². The number of amides is 1. The van der Waals surface area contributed by atoms with Gasteiger partial charge in [-0.25, -0.2) is 9.37 Å². The van der Waals surface area contributed by atoms with Crippen LogP contribution in [0.25, 0.3) is 10.2 Å². The number of nitrogens with zero attached hydrogens (tertiary/aromatic N) is 2. The average molecular weight is 293 g/mol. The van der Waals surface area contributed by atoms with Gasteiger partial charge in [-0.1, -0.05) is 13.8 Å². The first-order valence-corrected chi connectivity index (χ1v) is 7.44. The van der Waals surface area contributed by atoms with Crippen molar-refractivity contribution in [2.45, 2.75) is 20.0 Å². The lowest BCUT2D eigenvalue weighted by Crippen LogP contribution is -2.30. The van der Waals surface area contributed by atoms with Crippen molar-refractivity contribution >= 4 is 27.5 Å². The number of aromatic nitrogens is 1. The van der Waals surface area contributed by atoms with Crippen LogP contribution in [0.15, 0.2) is 18.2 Å².